The third-order valence-electron chi connectivity index (χ3n) is 2.51. The second-order valence-corrected chi connectivity index (χ2v) is 6.01. The first-order chi connectivity index (χ1) is 8.59. The van der Waals surface area contributed by atoms with Gasteiger partial charge in [0.25, 0.3) is 0 Å². The Morgan fingerprint density at radius 2 is 1.89 bits per heavy atom. The third kappa shape index (κ3) is 6.17. The molecule has 0 aliphatic rings. The summed E-state index contributed by atoms with van der Waals surface area (Å²) in [6.07, 6.45) is 2.06. The van der Waals surface area contributed by atoms with Gasteiger partial charge in [0.1, 0.15) is 10.1 Å². The second-order valence-electron chi connectivity index (χ2n) is 4.28. The number of Topliss-reactive ketones (excluding diaryl/α,β-unsaturated/α-hetero) is 1. The fraction of sp³-hybridized carbons (Fsp3) is 0.429. The molecule has 0 N–H and O–H groups in total. The lowest BCUT2D eigenvalue weighted by molar-refractivity contribution is -0.118. The van der Waals surface area contributed by atoms with Crippen LogP contribution in [0, 0.1) is 0 Å². The number of carbonyl (C=O) groups excluding carboxylic acids is 1. The number of benzene rings is 1. The first kappa shape index (κ1) is 15.2. The maximum atomic E-state index is 11.7. The van der Waals surface area contributed by atoms with Crippen LogP contribution < -0.4 is 0 Å². The van der Waals surface area contributed by atoms with Crippen LogP contribution in [0.5, 0.6) is 0 Å². The topological polar surface area (TPSA) is 20.3 Å². The van der Waals surface area contributed by atoms with Crippen LogP contribution in [0.1, 0.15) is 18.4 Å². The van der Waals surface area contributed by atoms with Crippen molar-refractivity contribution in [1.82, 2.24) is 4.90 Å². The van der Waals surface area contributed by atoms with Gasteiger partial charge in [-0.25, -0.2) is 0 Å². The highest BCUT2D eigenvalue weighted by molar-refractivity contribution is 8.22. The van der Waals surface area contributed by atoms with E-state index in [1.807, 2.05) is 37.2 Å². The smallest absolute Gasteiger partial charge is 0.135 e. The molecule has 0 aliphatic carbocycles. The van der Waals surface area contributed by atoms with Crippen molar-refractivity contribution in [2.75, 3.05) is 19.8 Å². The van der Waals surface area contributed by atoms with Crippen LogP contribution in [0.3, 0.4) is 0 Å². The molecule has 0 spiro atoms. The van der Waals surface area contributed by atoms with Gasteiger partial charge in [0.2, 0.25) is 0 Å². The molecule has 0 aliphatic heterocycles. The van der Waals surface area contributed by atoms with Crippen LogP contribution in [-0.4, -0.2) is 34.9 Å². The first-order valence-corrected chi connectivity index (χ1v) is 7.38. The minimum absolute atomic E-state index is 0.313. The van der Waals surface area contributed by atoms with E-state index in [1.54, 1.807) is 11.8 Å². The number of aryl methyl sites for hydroxylation is 1. The fourth-order valence-electron chi connectivity index (χ4n) is 1.43. The highest BCUT2D eigenvalue weighted by Crippen LogP contribution is 2.10. The predicted molar refractivity (Wildman–Crippen MR) is 83.1 cm³/mol. The molecular weight excluding hydrogens is 262 g/mol. The highest BCUT2D eigenvalue weighted by atomic mass is 32.2. The Balaban J connectivity index is 2.17. The van der Waals surface area contributed by atoms with Crippen molar-refractivity contribution in [3.8, 4) is 0 Å². The molecular formula is C14H19NOS2. The first-order valence-electron chi connectivity index (χ1n) is 5.99. The fourth-order valence-corrected chi connectivity index (χ4v) is 2.45. The van der Waals surface area contributed by atoms with E-state index in [9.17, 15) is 4.79 Å². The van der Waals surface area contributed by atoms with Crippen LogP contribution in [0.15, 0.2) is 30.3 Å². The Morgan fingerprint density at radius 3 is 2.50 bits per heavy atom. The minimum Gasteiger partial charge on any atom is -0.364 e. The molecule has 0 heterocycles. The molecule has 0 atom stereocenters. The van der Waals surface area contributed by atoms with E-state index in [-0.39, 0.29) is 0 Å². The lowest BCUT2D eigenvalue weighted by Crippen LogP contribution is -2.16. The molecule has 0 aromatic heterocycles. The van der Waals surface area contributed by atoms with E-state index in [0.717, 1.165) is 16.5 Å². The Kier molecular flexibility index (Phi) is 6.98. The van der Waals surface area contributed by atoms with Crippen molar-refractivity contribution in [3.05, 3.63) is 35.9 Å². The number of carbonyl (C=O) groups is 1. The molecule has 0 bridgehead atoms. The summed E-state index contributed by atoms with van der Waals surface area (Å²) in [6.45, 7) is 0. The van der Waals surface area contributed by atoms with Gasteiger partial charge in [-0.15, -0.1) is 0 Å². The van der Waals surface area contributed by atoms with E-state index >= 15 is 0 Å². The third-order valence-corrected chi connectivity index (χ3v) is 4.25. The van der Waals surface area contributed by atoms with Gasteiger partial charge in [-0.2, -0.15) is 0 Å². The SMILES string of the molecule is CN(C)C(=S)SCCC(=O)CCc1ccccc1. The van der Waals surface area contributed by atoms with E-state index in [0.29, 0.717) is 18.6 Å². The van der Waals surface area contributed by atoms with E-state index in [2.05, 4.69) is 12.1 Å². The monoisotopic (exact) mass is 281 g/mol. The van der Waals surface area contributed by atoms with Crippen molar-refractivity contribution in [3.63, 3.8) is 0 Å². The minimum atomic E-state index is 0.313. The quantitative estimate of drug-likeness (QED) is 0.746. The lowest BCUT2D eigenvalue weighted by Gasteiger charge is -2.12. The molecule has 1 aromatic carbocycles. The molecule has 0 fully saturated rings. The summed E-state index contributed by atoms with van der Waals surface area (Å²) in [6, 6.07) is 10.1. The molecule has 1 rings (SSSR count). The van der Waals surface area contributed by atoms with Crippen LogP contribution in [0.25, 0.3) is 0 Å². The number of ketones is 1. The van der Waals surface area contributed by atoms with E-state index < -0.39 is 0 Å². The normalized spacial score (nSPS) is 10.1. The average Bonchev–Trinajstić information content (AvgIpc) is 2.37. The zero-order chi connectivity index (χ0) is 13.4. The van der Waals surface area contributed by atoms with Crippen LogP contribution in [0.2, 0.25) is 0 Å². The van der Waals surface area contributed by atoms with Crippen molar-refractivity contribution >= 4 is 34.1 Å². The van der Waals surface area contributed by atoms with E-state index in [1.165, 1.54) is 5.56 Å². The molecule has 4 heteroatoms. The van der Waals surface area contributed by atoms with Gasteiger partial charge in [0, 0.05) is 32.7 Å². The maximum Gasteiger partial charge on any atom is 0.135 e. The Bertz CT molecular complexity index is 390. The van der Waals surface area contributed by atoms with Crippen molar-refractivity contribution in [1.29, 1.82) is 0 Å². The number of nitrogens with zero attached hydrogens (tertiary/aromatic N) is 1. The van der Waals surface area contributed by atoms with Crippen molar-refractivity contribution in [2.45, 2.75) is 19.3 Å². The molecule has 0 unspecified atom stereocenters. The standard InChI is InChI=1S/C14H19NOS2/c1-15(2)14(17)18-11-10-13(16)9-8-12-6-4-3-5-7-12/h3-7H,8-11H2,1-2H3. The summed E-state index contributed by atoms with van der Waals surface area (Å²) in [5.41, 5.74) is 1.22. The summed E-state index contributed by atoms with van der Waals surface area (Å²) in [7, 11) is 3.85. The van der Waals surface area contributed by atoms with Gasteiger partial charge >= 0.3 is 0 Å². The van der Waals surface area contributed by atoms with Gasteiger partial charge in [-0.1, -0.05) is 54.3 Å². The van der Waals surface area contributed by atoms with Gasteiger partial charge in [0.05, 0.1) is 0 Å². The predicted octanol–water partition coefficient (Wildman–Crippen LogP) is 3.16. The van der Waals surface area contributed by atoms with Gasteiger partial charge in [0.15, 0.2) is 0 Å². The van der Waals surface area contributed by atoms with Crippen molar-refractivity contribution < 1.29 is 4.79 Å². The average molecular weight is 281 g/mol. The molecule has 98 valence electrons. The molecule has 0 saturated heterocycles. The number of rotatable bonds is 6. The van der Waals surface area contributed by atoms with Crippen molar-refractivity contribution in [2.24, 2.45) is 0 Å². The molecule has 0 amide bonds. The van der Waals surface area contributed by atoms with E-state index in [4.69, 9.17) is 12.2 Å². The zero-order valence-corrected chi connectivity index (χ0v) is 12.5. The molecule has 0 radical (unpaired) electrons. The number of thiocarbonyl (C=S) groups is 1. The summed E-state index contributed by atoms with van der Waals surface area (Å²) in [4.78, 5) is 13.6. The number of hydrogen-bond acceptors (Lipinski definition) is 3. The molecule has 1 aromatic rings. The van der Waals surface area contributed by atoms with Gasteiger partial charge < -0.3 is 4.90 Å². The Hall–Kier alpha value is -0.870. The molecule has 0 saturated carbocycles. The summed E-state index contributed by atoms with van der Waals surface area (Å²) in [5.74, 6) is 1.10. The van der Waals surface area contributed by atoms with Gasteiger partial charge in [-0.05, 0) is 12.0 Å². The van der Waals surface area contributed by atoms with Crippen LogP contribution in [-0.2, 0) is 11.2 Å². The van der Waals surface area contributed by atoms with Gasteiger partial charge in [-0.3, -0.25) is 4.79 Å². The summed E-state index contributed by atoms with van der Waals surface area (Å²) >= 11 is 6.72. The summed E-state index contributed by atoms with van der Waals surface area (Å²) < 4.78 is 0.839. The second kappa shape index (κ2) is 8.27. The lowest BCUT2D eigenvalue weighted by atomic mass is 10.1. The number of thioether (sulfide) groups is 1. The molecule has 2 nitrogen and oxygen atoms in total. The van der Waals surface area contributed by atoms with Crippen LogP contribution in [0.4, 0.5) is 0 Å². The summed E-state index contributed by atoms with van der Waals surface area (Å²) in [5, 5.41) is 0. The largest absolute Gasteiger partial charge is 0.364 e. The highest BCUT2D eigenvalue weighted by Gasteiger charge is 2.05. The zero-order valence-electron chi connectivity index (χ0n) is 10.9. The maximum absolute atomic E-state index is 11.7. The van der Waals surface area contributed by atoms with Crippen LogP contribution >= 0.6 is 24.0 Å². The number of hydrogen-bond donors (Lipinski definition) is 0. The Labute approximate surface area is 119 Å². The Morgan fingerprint density at radius 1 is 1.22 bits per heavy atom. The molecule has 18 heavy (non-hydrogen) atoms.